The number of H-pyrrole nitrogens is 3. The predicted octanol–water partition coefficient (Wildman–Crippen LogP) is 13.8. The molecule has 7 aromatic carbocycles. The molecule has 20 nitrogen and oxygen atoms in total. The molecule has 0 saturated heterocycles. The Morgan fingerprint density at radius 3 is 1.80 bits per heavy atom. The number of nitrogens with one attached hydrogen (secondary N) is 7. The first kappa shape index (κ1) is 50.4. The van der Waals surface area contributed by atoms with Crippen LogP contribution in [0.15, 0.2) is 232 Å². The highest BCUT2D eigenvalue weighted by molar-refractivity contribution is 6.04. The lowest BCUT2D eigenvalue weighted by Crippen LogP contribution is -2.11. The van der Waals surface area contributed by atoms with Crippen LogP contribution in [-0.4, -0.2) is 80.5 Å². The van der Waals surface area contributed by atoms with Crippen molar-refractivity contribution in [3.05, 3.63) is 238 Å². The number of anilines is 7. The van der Waals surface area contributed by atoms with E-state index in [2.05, 4.69) is 85.4 Å². The van der Waals surface area contributed by atoms with Gasteiger partial charge in [-0.1, -0.05) is 60.7 Å². The number of hydrogen-bond donors (Lipinski definition) is 7. The Morgan fingerprint density at radius 1 is 0.395 bits per heavy atom. The summed E-state index contributed by atoms with van der Waals surface area (Å²) in [4.78, 5) is 69.9. The molecule has 0 unspecified atom stereocenters. The fourth-order valence-electron chi connectivity index (χ4n) is 10.3. The van der Waals surface area contributed by atoms with Crippen molar-refractivity contribution >= 4 is 79.6 Å². The second-order valence-corrected chi connectivity index (χ2v) is 20.1. The van der Waals surface area contributed by atoms with E-state index < -0.39 is 0 Å². The average Bonchev–Trinajstić information content (AvgIpc) is 3.74. The maximum Gasteiger partial charge on any atom is 0.255 e. The SMILES string of the molecule is O=C(Nc1cccc(Nc2nc(-c3cncc(-c4cccc(Nc5nccc(-c6cc7nc[nH]c7cc6-c6cccc(-n7cc(Nc8nccc(-c9ccc%10[nH]cnc%10c9)n8)cn7)c6)n5)c4)c3)cc(-c3ccc4[nH]cnc4c3)n2)c1)c1ccccc1. The summed E-state index contributed by atoms with van der Waals surface area (Å²) in [6.45, 7) is 0. The monoisotopic (exact) mass is 1120 g/mol. The molecule has 0 spiro atoms. The number of fused-ring (bicyclic) bond motifs is 3. The third kappa shape index (κ3) is 10.4. The van der Waals surface area contributed by atoms with E-state index in [4.69, 9.17) is 30.0 Å². The van der Waals surface area contributed by atoms with Crippen molar-refractivity contribution in [3.63, 3.8) is 0 Å². The topological polar surface area (TPSA) is 259 Å². The van der Waals surface area contributed by atoms with Crippen molar-refractivity contribution in [2.45, 2.75) is 0 Å². The molecule has 0 aliphatic heterocycles. The summed E-state index contributed by atoms with van der Waals surface area (Å²) < 4.78 is 1.81. The van der Waals surface area contributed by atoms with Gasteiger partial charge in [0.05, 0.1) is 98.6 Å². The maximum atomic E-state index is 13.1. The molecular weight excluding hydrogens is 1070 g/mol. The van der Waals surface area contributed by atoms with E-state index >= 15 is 0 Å². The summed E-state index contributed by atoms with van der Waals surface area (Å²) in [5.41, 5.74) is 19.2. The lowest BCUT2D eigenvalue weighted by molar-refractivity contribution is 0.102. The number of nitrogens with zero attached hydrogens (tertiary/aromatic N) is 12. The Kier molecular flexibility index (Phi) is 12.7. The standard InChI is InChI=1S/C66H45N19O/c86-63(39-7-2-1-3-8-39)77-47-12-6-13-48(28-47)79-66-83-57(43-16-18-56-60(27-43)73-37-71-56)31-58(84-66)45-23-44(32-67-33-45)40-9-4-11-46(24-40)78-64-69-22-20-54(82-64)52-30-62-61(74-38-75-62)29-51(52)41-10-5-14-50(25-41)85-35-49(34-76-85)80-65-68-21-19-53(81-65)42-15-17-55-59(26-42)72-36-70-55/h1-38H,(H,70,72)(H,71,73)(H,74,75)(H,77,86)(H,68,80,81)(H,69,78,82)(H,79,83,84). The largest absolute Gasteiger partial charge is 0.345 e. The first-order chi connectivity index (χ1) is 42.4. The minimum Gasteiger partial charge on any atom is -0.345 e. The fraction of sp³-hybridized carbons (Fsp3) is 0. The Bertz CT molecular complexity index is 5030. The van der Waals surface area contributed by atoms with E-state index in [0.717, 1.165) is 100 Å². The van der Waals surface area contributed by atoms with Crippen LogP contribution in [0.2, 0.25) is 0 Å². The van der Waals surface area contributed by atoms with Crippen LogP contribution in [-0.2, 0) is 0 Å². The Labute approximate surface area is 488 Å². The number of rotatable bonds is 15. The highest BCUT2D eigenvalue weighted by Gasteiger charge is 2.18. The van der Waals surface area contributed by atoms with Crippen LogP contribution in [0.3, 0.4) is 0 Å². The van der Waals surface area contributed by atoms with Gasteiger partial charge < -0.3 is 36.2 Å². The molecule has 8 heterocycles. The molecule has 7 N–H and O–H groups in total. The smallest absolute Gasteiger partial charge is 0.255 e. The number of pyridine rings is 1. The number of hydrogen-bond acceptors (Lipinski definition) is 15. The van der Waals surface area contributed by atoms with Gasteiger partial charge in [-0.2, -0.15) is 5.10 Å². The lowest BCUT2D eigenvalue weighted by Gasteiger charge is -2.13. The highest BCUT2D eigenvalue weighted by Crippen LogP contribution is 2.37. The molecule has 0 bridgehead atoms. The molecular formula is C66H45N19O. The van der Waals surface area contributed by atoms with Crippen LogP contribution in [0.5, 0.6) is 0 Å². The van der Waals surface area contributed by atoms with Gasteiger partial charge >= 0.3 is 0 Å². The lowest BCUT2D eigenvalue weighted by atomic mass is 9.96. The van der Waals surface area contributed by atoms with Crippen LogP contribution in [0.4, 0.5) is 40.6 Å². The van der Waals surface area contributed by atoms with Gasteiger partial charge in [-0.05, 0) is 132 Å². The molecule has 0 atom stereocenters. The number of carbonyl (C=O) groups is 1. The van der Waals surface area contributed by atoms with Crippen LogP contribution in [0, 0.1) is 0 Å². The third-order valence-electron chi connectivity index (χ3n) is 14.5. The summed E-state index contributed by atoms with van der Waals surface area (Å²) in [6.07, 6.45) is 15.8. The van der Waals surface area contributed by atoms with E-state index in [-0.39, 0.29) is 5.91 Å². The minimum atomic E-state index is -0.214. The zero-order valence-electron chi connectivity index (χ0n) is 45.2. The number of aromatic nitrogens is 15. The van der Waals surface area contributed by atoms with Crippen molar-refractivity contribution in [2.24, 2.45) is 0 Å². The Balaban J connectivity index is 0.689. The molecule has 0 radical (unpaired) electrons. The Hall–Kier alpha value is -12.6. The molecule has 1 amide bonds. The quantitative estimate of drug-likeness (QED) is 0.0503. The van der Waals surface area contributed by atoms with Crippen molar-refractivity contribution < 1.29 is 4.79 Å². The molecule has 8 aromatic heterocycles. The van der Waals surface area contributed by atoms with Crippen LogP contribution in [0.25, 0.3) is 106 Å². The zero-order valence-corrected chi connectivity index (χ0v) is 45.2. The number of carbonyl (C=O) groups excluding carboxylic acids is 1. The highest BCUT2D eigenvalue weighted by atomic mass is 16.1. The minimum absolute atomic E-state index is 0.214. The predicted molar refractivity (Wildman–Crippen MR) is 333 cm³/mol. The van der Waals surface area contributed by atoms with Crippen LogP contribution < -0.4 is 21.3 Å². The molecule has 20 heteroatoms. The summed E-state index contributed by atoms with van der Waals surface area (Å²) in [5, 5.41) is 17.9. The van der Waals surface area contributed by atoms with Crippen LogP contribution in [0.1, 0.15) is 10.4 Å². The van der Waals surface area contributed by atoms with Gasteiger partial charge in [0, 0.05) is 75.2 Å². The summed E-state index contributed by atoms with van der Waals surface area (Å²) >= 11 is 0. The van der Waals surface area contributed by atoms with Crippen molar-refractivity contribution in [1.29, 1.82) is 0 Å². The normalized spacial score (nSPS) is 11.3. The van der Waals surface area contributed by atoms with E-state index in [0.29, 0.717) is 51.9 Å². The zero-order chi connectivity index (χ0) is 57.3. The molecule has 86 heavy (non-hydrogen) atoms. The number of aromatic amines is 3. The first-order valence-corrected chi connectivity index (χ1v) is 27.3. The van der Waals surface area contributed by atoms with Gasteiger partial charge in [-0.25, -0.2) is 49.5 Å². The summed E-state index contributed by atoms with van der Waals surface area (Å²) in [5.74, 6) is 0.984. The fourth-order valence-corrected chi connectivity index (χ4v) is 10.3. The second kappa shape index (κ2) is 21.7. The van der Waals surface area contributed by atoms with E-state index in [1.54, 1.807) is 55.9 Å². The van der Waals surface area contributed by atoms with Gasteiger partial charge in [-0.15, -0.1) is 0 Å². The summed E-state index contributed by atoms with van der Waals surface area (Å²) in [7, 11) is 0. The van der Waals surface area contributed by atoms with E-state index in [1.807, 2.05) is 157 Å². The molecule has 15 aromatic rings. The molecule has 0 aliphatic carbocycles. The van der Waals surface area contributed by atoms with Crippen LogP contribution >= 0.6 is 0 Å². The van der Waals surface area contributed by atoms with Gasteiger partial charge in [0.25, 0.3) is 5.91 Å². The van der Waals surface area contributed by atoms with E-state index in [9.17, 15) is 4.79 Å². The average molecular weight is 1120 g/mol. The Morgan fingerprint density at radius 2 is 1.01 bits per heavy atom. The molecule has 0 aliphatic rings. The van der Waals surface area contributed by atoms with E-state index in [1.165, 1.54) is 0 Å². The number of benzene rings is 7. The second-order valence-electron chi connectivity index (χ2n) is 20.1. The molecule has 15 rings (SSSR count). The van der Waals surface area contributed by atoms with Crippen molar-refractivity contribution in [1.82, 2.24) is 74.6 Å². The first-order valence-electron chi connectivity index (χ1n) is 27.3. The van der Waals surface area contributed by atoms with Gasteiger partial charge in [0.2, 0.25) is 17.8 Å². The summed E-state index contributed by atoms with van der Waals surface area (Å²) in [6, 6.07) is 56.6. The van der Waals surface area contributed by atoms with Gasteiger partial charge in [0.15, 0.2) is 0 Å². The van der Waals surface area contributed by atoms with Gasteiger partial charge in [0.1, 0.15) is 0 Å². The van der Waals surface area contributed by atoms with Gasteiger partial charge in [-0.3, -0.25) is 9.78 Å². The number of imidazole rings is 3. The molecule has 0 saturated carbocycles. The number of amides is 1. The third-order valence-corrected chi connectivity index (χ3v) is 14.5. The molecule has 0 fully saturated rings. The van der Waals surface area contributed by atoms with Crippen molar-refractivity contribution in [2.75, 3.05) is 21.3 Å². The molecule has 410 valence electrons. The van der Waals surface area contributed by atoms with Crippen molar-refractivity contribution in [3.8, 4) is 73.0 Å². The maximum absolute atomic E-state index is 13.1.